The highest BCUT2D eigenvalue weighted by molar-refractivity contribution is 6.32. The highest BCUT2D eigenvalue weighted by Gasteiger charge is 2.19. The van der Waals surface area contributed by atoms with Crippen LogP contribution in [0.15, 0.2) is 72.8 Å². The number of carbonyl (C=O) groups excluding carboxylic acids is 1. The number of ether oxygens (including phenoxy) is 4. The van der Waals surface area contributed by atoms with Gasteiger partial charge in [-0.3, -0.25) is 4.79 Å². The number of para-hydroxylation sites is 2. The van der Waals surface area contributed by atoms with Gasteiger partial charge in [0.25, 0.3) is 5.91 Å². The molecule has 0 unspecified atom stereocenters. The summed E-state index contributed by atoms with van der Waals surface area (Å²) >= 11 is 6.34. The SMILES string of the molecule is O=C(Nc1cccc(Cl)c1OC[C@@H]1CCCO1)c1cccc(OCCOc2ccccc2)c1. The lowest BCUT2D eigenvalue weighted by molar-refractivity contribution is 0.0682. The van der Waals surface area contributed by atoms with Gasteiger partial charge < -0.3 is 24.3 Å². The molecule has 1 aliphatic heterocycles. The molecule has 1 aliphatic rings. The van der Waals surface area contributed by atoms with Gasteiger partial charge >= 0.3 is 0 Å². The smallest absolute Gasteiger partial charge is 0.255 e. The lowest BCUT2D eigenvalue weighted by Crippen LogP contribution is -2.18. The van der Waals surface area contributed by atoms with Crippen molar-refractivity contribution in [2.75, 3.05) is 31.7 Å². The van der Waals surface area contributed by atoms with Crippen LogP contribution in [-0.2, 0) is 4.74 Å². The molecule has 1 saturated heterocycles. The van der Waals surface area contributed by atoms with Crippen LogP contribution in [0.1, 0.15) is 23.2 Å². The molecule has 1 amide bonds. The van der Waals surface area contributed by atoms with E-state index in [0.717, 1.165) is 25.2 Å². The third kappa shape index (κ3) is 6.63. The third-order valence-electron chi connectivity index (χ3n) is 5.11. The standard InChI is InChI=1S/C26H26ClNO5/c27-23-12-5-13-24(25(23)33-18-22-11-6-14-30-22)28-26(29)19-7-4-10-21(17-19)32-16-15-31-20-8-2-1-3-9-20/h1-5,7-10,12-13,17,22H,6,11,14-16,18H2,(H,28,29)/t22-/m0/s1. The van der Waals surface area contributed by atoms with Gasteiger partial charge in [0.15, 0.2) is 5.75 Å². The fourth-order valence-electron chi connectivity index (χ4n) is 3.46. The van der Waals surface area contributed by atoms with Gasteiger partial charge in [-0.25, -0.2) is 0 Å². The van der Waals surface area contributed by atoms with Crippen LogP contribution < -0.4 is 19.5 Å². The van der Waals surface area contributed by atoms with Crippen molar-refractivity contribution in [3.63, 3.8) is 0 Å². The van der Waals surface area contributed by atoms with Crippen LogP contribution in [0.25, 0.3) is 0 Å². The minimum atomic E-state index is -0.287. The minimum Gasteiger partial charge on any atom is -0.490 e. The Morgan fingerprint density at radius 1 is 0.939 bits per heavy atom. The fraction of sp³-hybridized carbons (Fsp3) is 0.269. The van der Waals surface area contributed by atoms with Crippen molar-refractivity contribution in [3.05, 3.63) is 83.4 Å². The number of hydrogen-bond donors (Lipinski definition) is 1. The molecule has 3 aromatic carbocycles. The first kappa shape index (κ1) is 23.0. The number of benzene rings is 3. The van der Waals surface area contributed by atoms with E-state index in [1.165, 1.54) is 0 Å². The average molecular weight is 468 g/mol. The van der Waals surface area contributed by atoms with Crippen LogP contribution in [-0.4, -0.2) is 38.4 Å². The molecular weight excluding hydrogens is 442 g/mol. The highest BCUT2D eigenvalue weighted by Crippen LogP contribution is 2.34. The van der Waals surface area contributed by atoms with E-state index in [2.05, 4.69) is 5.32 Å². The molecule has 0 spiro atoms. The normalized spacial score (nSPS) is 15.1. The summed E-state index contributed by atoms with van der Waals surface area (Å²) < 4.78 is 22.9. The van der Waals surface area contributed by atoms with Crippen molar-refractivity contribution in [2.45, 2.75) is 18.9 Å². The molecule has 1 heterocycles. The van der Waals surface area contributed by atoms with E-state index in [4.69, 9.17) is 30.5 Å². The van der Waals surface area contributed by atoms with Crippen LogP contribution in [0, 0.1) is 0 Å². The first-order chi connectivity index (χ1) is 16.2. The second kappa shape index (κ2) is 11.6. The van der Waals surface area contributed by atoms with E-state index in [1.54, 1.807) is 42.5 Å². The molecule has 172 valence electrons. The number of anilines is 1. The van der Waals surface area contributed by atoms with E-state index in [-0.39, 0.29) is 12.0 Å². The Morgan fingerprint density at radius 3 is 2.48 bits per heavy atom. The summed E-state index contributed by atoms with van der Waals surface area (Å²) in [6, 6.07) is 21.8. The van der Waals surface area contributed by atoms with Gasteiger partial charge in [0.2, 0.25) is 0 Å². The number of nitrogens with one attached hydrogen (secondary N) is 1. The van der Waals surface area contributed by atoms with E-state index >= 15 is 0 Å². The zero-order valence-corrected chi connectivity index (χ0v) is 18.9. The Balaban J connectivity index is 1.34. The molecule has 7 heteroatoms. The topological polar surface area (TPSA) is 66.0 Å². The maximum Gasteiger partial charge on any atom is 0.255 e. The predicted molar refractivity (Wildman–Crippen MR) is 128 cm³/mol. The molecule has 0 aromatic heterocycles. The Hall–Kier alpha value is -3.22. The summed E-state index contributed by atoms with van der Waals surface area (Å²) in [6.45, 7) is 1.89. The maximum atomic E-state index is 12.9. The van der Waals surface area contributed by atoms with Crippen LogP contribution in [0.3, 0.4) is 0 Å². The Bertz CT molecular complexity index is 1050. The molecular formula is C26H26ClNO5. The summed E-state index contributed by atoms with van der Waals surface area (Å²) in [5, 5.41) is 3.32. The van der Waals surface area contributed by atoms with Gasteiger partial charge in [-0.2, -0.15) is 0 Å². The molecule has 6 nitrogen and oxygen atoms in total. The second-order valence-corrected chi connectivity index (χ2v) is 7.96. The van der Waals surface area contributed by atoms with Crippen molar-refractivity contribution < 1.29 is 23.7 Å². The number of carbonyl (C=O) groups is 1. The van der Waals surface area contributed by atoms with Crippen molar-refractivity contribution >= 4 is 23.2 Å². The van der Waals surface area contributed by atoms with E-state index < -0.39 is 0 Å². The molecule has 3 aromatic rings. The Labute approximate surface area is 198 Å². The van der Waals surface area contributed by atoms with Gasteiger partial charge in [-0.05, 0) is 55.3 Å². The van der Waals surface area contributed by atoms with Crippen LogP contribution in [0.4, 0.5) is 5.69 Å². The zero-order chi connectivity index (χ0) is 22.9. The molecule has 0 aliphatic carbocycles. The summed E-state index contributed by atoms with van der Waals surface area (Å²) in [6.07, 6.45) is 2.02. The van der Waals surface area contributed by atoms with Crippen LogP contribution in [0.5, 0.6) is 17.2 Å². The highest BCUT2D eigenvalue weighted by atomic mass is 35.5. The predicted octanol–water partition coefficient (Wildman–Crippen LogP) is 5.61. The minimum absolute atomic E-state index is 0.0459. The largest absolute Gasteiger partial charge is 0.490 e. The zero-order valence-electron chi connectivity index (χ0n) is 18.2. The Morgan fingerprint density at radius 2 is 1.70 bits per heavy atom. The van der Waals surface area contributed by atoms with E-state index in [1.807, 2.05) is 30.3 Å². The molecule has 0 radical (unpaired) electrons. The number of amides is 1. The molecule has 1 fully saturated rings. The Kier molecular flexibility index (Phi) is 8.06. The number of hydrogen-bond acceptors (Lipinski definition) is 5. The number of halogens is 1. The van der Waals surface area contributed by atoms with Crippen molar-refractivity contribution in [1.82, 2.24) is 0 Å². The van der Waals surface area contributed by atoms with Crippen LogP contribution >= 0.6 is 11.6 Å². The van der Waals surface area contributed by atoms with Gasteiger partial charge in [-0.1, -0.05) is 41.9 Å². The first-order valence-electron chi connectivity index (χ1n) is 10.9. The van der Waals surface area contributed by atoms with Crippen molar-refractivity contribution in [2.24, 2.45) is 0 Å². The van der Waals surface area contributed by atoms with Gasteiger partial charge in [0, 0.05) is 12.2 Å². The van der Waals surface area contributed by atoms with Gasteiger partial charge in [0.1, 0.15) is 31.3 Å². The van der Waals surface area contributed by atoms with E-state index in [9.17, 15) is 4.79 Å². The lowest BCUT2D eigenvalue weighted by Gasteiger charge is -2.16. The van der Waals surface area contributed by atoms with Crippen LogP contribution in [0.2, 0.25) is 5.02 Å². The first-order valence-corrected chi connectivity index (χ1v) is 11.3. The molecule has 1 atom stereocenters. The molecule has 1 N–H and O–H groups in total. The van der Waals surface area contributed by atoms with Gasteiger partial charge in [0.05, 0.1) is 16.8 Å². The van der Waals surface area contributed by atoms with Crippen molar-refractivity contribution in [1.29, 1.82) is 0 Å². The fourth-order valence-corrected chi connectivity index (χ4v) is 3.69. The van der Waals surface area contributed by atoms with Crippen molar-refractivity contribution in [3.8, 4) is 17.2 Å². The molecule has 33 heavy (non-hydrogen) atoms. The van der Waals surface area contributed by atoms with Gasteiger partial charge in [-0.15, -0.1) is 0 Å². The van der Waals surface area contributed by atoms with E-state index in [0.29, 0.717) is 47.6 Å². The monoisotopic (exact) mass is 467 g/mol. The molecule has 0 saturated carbocycles. The summed E-state index contributed by atoms with van der Waals surface area (Å²) in [5.74, 6) is 1.52. The molecule has 0 bridgehead atoms. The molecule has 4 rings (SSSR count). The lowest BCUT2D eigenvalue weighted by atomic mass is 10.2. The number of rotatable bonds is 10. The maximum absolute atomic E-state index is 12.9. The third-order valence-corrected chi connectivity index (χ3v) is 5.41. The summed E-state index contributed by atoms with van der Waals surface area (Å²) in [7, 11) is 0. The summed E-state index contributed by atoms with van der Waals surface area (Å²) in [5.41, 5.74) is 0.967. The quantitative estimate of drug-likeness (QED) is 0.393. The second-order valence-electron chi connectivity index (χ2n) is 7.55. The average Bonchev–Trinajstić information content (AvgIpc) is 3.36. The summed E-state index contributed by atoms with van der Waals surface area (Å²) in [4.78, 5) is 12.9.